The number of benzene rings is 3. The Morgan fingerprint density at radius 2 is 1.70 bits per heavy atom. The van der Waals surface area contributed by atoms with Crippen LogP contribution in [0.1, 0.15) is 21.5 Å². The zero-order chi connectivity index (χ0) is 29.8. The molecule has 1 N–H and O–H groups in total. The lowest BCUT2D eigenvalue weighted by Crippen LogP contribution is -2.49. The summed E-state index contributed by atoms with van der Waals surface area (Å²) >= 11 is 3.45. The lowest BCUT2D eigenvalue weighted by molar-refractivity contribution is -0.384. The molecule has 0 saturated carbocycles. The van der Waals surface area contributed by atoms with Crippen LogP contribution in [-0.4, -0.2) is 68.0 Å². The number of hydrogen-bond acceptors (Lipinski definition) is 8. The van der Waals surface area contributed by atoms with E-state index in [9.17, 15) is 14.9 Å². The maximum absolute atomic E-state index is 13.1. The average Bonchev–Trinajstić information content (AvgIpc) is 3.44. The maximum Gasteiger partial charge on any atom is 0.269 e. The molecule has 0 spiro atoms. The van der Waals surface area contributed by atoms with Crippen molar-refractivity contribution in [2.45, 2.75) is 13.0 Å². The van der Waals surface area contributed by atoms with Gasteiger partial charge < -0.3 is 19.7 Å². The number of piperazine rings is 1. The predicted molar refractivity (Wildman–Crippen MR) is 168 cm³/mol. The van der Waals surface area contributed by atoms with Crippen LogP contribution in [0.5, 0.6) is 0 Å². The van der Waals surface area contributed by atoms with Crippen LogP contribution >= 0.6 is 15.9 Å². The number of carbonyl (C=O) groups is 1. The van der Waals surface area contributed by atoms with Gasteiger partial charge in [-0.15, -0.1) is 0 Å². The van der Waals surface area contributed by atoms with Crippen molar-refractivity contribution in [3.05, 3.63) is 116 Å². The average molecular weight is 642 g/mol. The van der Waals surface area contributed by atoms with Gasteiger partial charge in [0.1, 0.15) is 0 Å². The van der Waals surface area contributed by atoms with Gasteiger partial charge in [-0.25, -0.2) is 4.98 Å². The van der Waals surface area contributed by atoms with E-state index in [2.05, 4.69) is 43.3 Å². The van der Waals surface area contributed by atoms with Gasteiger partial charge in [0.05, 0.1) is 17.8 Å². The third-order valence-electron chi connectivity index (χ3n) is 7.42. The van der Waals surface area contributed by atoms with Crippen molar-refractivity contribution in [1.29, 1.82) is 0 Å². The van der Waals surface area contributed by atoms with Crippen molar-refractivity contribution in [1.82, 2.24) is 24.4 Å². The van der Waals surface area contributed by atoms with Crippen molar-refractivity contribution in [3.8, 4) is 0 Å². The molecular weight excluding hydrogens is 612 g/mol. The summed E-state index contributed by atoms with van der Waals surface area (Å²) in [5, 5.41) is 14.6. The molecule has 3 heterocycles. The summed E-state index contributed by atoms with van der Waals surface area (Å²) < 4.78 is 2.80. The Labute approximate surface area is 256 Å². The number of hydrogen-bond donors (Lipinski definition) is 1. The van der Waals surface area contributed by atoms with E-state index in [1.807, 2.05) is 51.9 Å². The van der Waals surface area contributed by atoms with E-state index in [0.717, 1.165) is 16.5 Å². The molecule has 5 aromatic rings. The van der Waals surface area contributed by atoms with Gasteiger partial charge in [0.25, 0.3) is 11.6 Å². The number of carbonyl (C=O) groups excluding carboxylic acids is 1. The number of non-ortho nitro benzene ring substituents is 1. The molecule has 218 valence electrons. The largest absolute Gasteiger partial charge is 0.368 e. The monoisotopic (exact) mass is 640 g/mol. The quantitative estimate of drug-likeness (QED) is 0.173. The molecule has 0 unspecified atom stereocenters. The Morgan fingerprint density at radius 3 is 2.42 bits per heavy atom. The fourth-order valence-electron chi connectivity index (χ4n) is 5.12. The number of nitrogens with one attached hydrogen (secondary N) is 1. The summed E-state index contributed by atoms with van der Waals surface area (Å²) in [4.78, 5) is 42.2. The molecule has 1 aliphatic heterocycles. The van der Waals surface area contributed by atoms with Crippen molar-refractivity contribution < 1.29 is 9.72 Å². The molecule has 0 bridgehead atoms. The number of imidazole rings is 1. The highest BCUT2D eigenvalue weighted by Gasteiger charge is 2.25. The number of nitro benzene ring substituents is 1. The van der Waals surface area contributed by atoms with Crippen LogP contribution in [0.2, 0.25) is 0 Å². The first-order valence-electron chi connectivity index (χ1n) is 14.0. The molecular formula is C31H29BrN8O3. The molecule has 1 saturated heterocycles. The second kappa shape index (κ2) is 12.6. The summed E-state index contributed by atoms with van der Waals surface area (Å²) in [6.45, 7) is 3.39. The van der Waals surface area contributed by atoms with Gasteiger partial charge in [-0.1, -0.05) is 64.5 Å². The van der Waals surface area contributed by atoms with Crippen molar-refractivity contribution in [3.63, 3.8) is 0 Å². The molecule has 0 atom stereocenters. The van der Waals surface area contributed by atoms with Crippen LogP contribution in [-0.2, 0) is 13.0 Å². The summed E-state index contributed by atoms with van der Waals surface area (Å²) in [7, 11) is 0. The first-order chi connectivity index (χ1) is 20.9. The highest BCUT2D eigenvalue weighted by Crippen LogP contribution is 2.25. The zero-order valence-electron chi connectivity index (χ0n) is 23.3. The number of anilines is 2. The predicted octanol–water partition coefficient (Wildman–Crippen LogP) is 5.16. The fraction of sp³-hybridized carbons (Fsp3) is 0.226. The van der Waals surface area contributed by atoms with Crippen molar-refractivity contribution >= 4 is 50.5 Å². The molecule has 0 aliphatic carbocycles. The van der Waals surface area contributed by atoms with Gasteiger partial charge in [0, 0.05) is 54.9 Å². The molecule has 6 rings (SSSR count). The van der Waals surface area contributed by atoms with Gasteiger partial charge >= 0.3 is 0 Å². The molecule has 12 heteroatoms. The van der Waals surface area contributed by atoms with Gasteiger partial charge in [-0.3, -0.25) is 14.9 Å². The van der Waals surface area contributed by atoms with Crippen molar-refractivity contribution in [2.24, 2.45) is 0 Å². The Hall–Kier alpha value is -4.84. The van der Waals surface area contributed by atoms with Crippen LogP contribution in [0.25, 0.3) is 11.2 Å². The highest BCUT2D eigenvalue weighted by molar-refractivity contribution is 9.10. The summed E-state index contributed by atoms with van der Waals surface area (Å²) in [5.74, 6) is 1.21. The second-order valence-corrected chi connectivity index (χ2v) is 11.2. The Balaban J connectivity index is 1.24. The van der Waals surface area contributed by atoms with Gasteiger partial charge in [0.2, 0.25) is 5.95 Å². The van der Waals surface area contributed by atoms with E-state index in [4.69, 9.17) is 9.97 Å². The molecule has 3 aromatic carbocycles. The van der Waals surface area contributed by atoms with E-state index in [-0.39, 0.29) is 11.6 Å². The van der Waals surface area contributed by atoms with Crippen LogP contribution < -0.4 is 10.2 Å². The van der Waals surface area contributed by atoms with Gasteiger partial charge in [-0.05, 0) is 35.7 Å². The molecule has 1 fully saturated rings. The molecule has 1 amide bonds. The summed E-state index contributed by atoms with van der Waals surface area (Å²) in [5.41, 5.74) is 4.13. The minimum absolute atomic E-state index is 0.00163. The van der Waals surface area contributed by atoms with E-state index in [1.54, 1.807) is 18.5 Å². The first kappa shape index (κ1) is 28.3. The Morgan fingerprint density at radius 1 is 0.930 bits per heavy atom. The van der Waals surface area contributed by atoms with Crippen LogP contribution in [0, 0.1) is 10.1 Å². The SMILES string of the molecule is O=C(c1cccc(Br)c1)N1CCN(c2nc(NCCc3ccccc3)c3ncn(Cc4ccc([N+](=O)[O-])cc4)c3n2)CC1. The highest BCUT2D eigenvalue weighted by atomic mass is 79.9. The first-order valence-corrected chi connectivity index (χ1v) is 14.8. The zero-order valence-corrected chi connectivity index (χ0v) is 24.9. The Kier molecular flexibility index (Phi) is 8.27. The van der Waals surface area contributed by atoms with E-state index >= 15 is 0 Å². The number of fused-ring (bicyclic) bond motifs is 1. The standard InChI is InChI=1S/C31H29BrN8O3/c32-25-8-4-7-24(19-25)30(41)37-15-17-38(18-16-37)31-35-28(33-14-13-22-5-2-1-3-6-22)27-29(36-31)39(21-34-27)20-23-9-11-26(12-10-23)40(42)43/h1-12,19,21H,13-18,20H2,(H,33,35,36). The third-order valence-corrected chi connectivity index (χ3v) is 7.92. The van der Waals surface area contributed by atoms with Crippen LogP contribution in [0.15, 0.2) is 89.7 Å². The Bertz CT molecular complexity index is 1750. The number of halogens is 1. The van der Waals surface area contributed by atoms with Gasteiger partial charge in [0.15, 0.2) is 17.0 Å². The van der Waals surface area contributed by atoms with Crippen LogP contribution in [0.3, 0.4) is 0 Å². The van der Waals surface area contributed by atoms with E-state index < -0.39 is 4.92 Å². The molecule has 0 radical (unpaired) electrons. The minimum atomic E-state index is -0.407. The maximum atomic E-state index is 13.1. The lowest BCUT2D eigenvalue weighted by atomic mass is 10.1. The van der Waals surface area contributed by atoms with E-state index in [0.29, 0.717) is 67.8 Å². The lowest BCUT2D eigenvalue weighted by Gasteiger charge is -2.35. The number of rotatable bonds is 9. The molecule has 11 nitrogen and oxygen atoms in total. The third kappa shape index (κ3) is 6.49. The van der Waals surface area contributed by atoms with Crippen molar-refractivity contribution in [2.75, 3.05) is 42.9 Å². The summed E-state index contributed by atoms with van der Waals surface area (Å²) in [6.07, 6.45) is 2.54. The van der Waals surface area contributed by atoms with Gasteiger partial charge in [-0.2, -0.15) is 9.97 Å². The normalized spacial score (nSPS) is 13.3. The number of amides is 1. The number of nitrogens with zero attached hydrogens (tertiary/aromatic N) is 7. The summed E-state index contributed by atoms with van der Waals surface area (Å²) in [6, 6.07) is 24.2. The smallest absolute Gasteiger partial charge is 0.269 e. The molecule has 2 aromatic heterocycles. The van der Waals surface area contributed by atoms with Crippen LogP contribution in [0.4, 0.5) is 17.5 Å². The number of aromatic nitrogens is 4. The minimum Gasteiger partial charge on any atom is -0.368 e. The molecule has 43 heavy (non-hydrogen) atoms. The fourth-order valence-corrected chi connectivity index (χ4v) is 5.52. The molecule has 1 aliphatic rings. The number of nitro groups is 1. The van der Waals surface area contributed by atoms with E-state index in [1.165, 1.54) is 17.7 Å². The topological polar surface area (TPSA) is 122 Å². The second-order valence-electron chi connectivity index (χ2n) is 10.3.